The summed E-state index contributed by atoms with van der Waals surface area (Å²) in [5.74, 6) is -0.344. The predicted molar refractivity (Wildman–Crippen MR) is 99.8 cm³/mol. The van der Waals surface area contributed by atoms with Crippen LogP contribution in [0.4, 0.5) is 5.69 Å². The lowest BCUT2D eigenvalue weighted by molar-refractivity contribution is -0.151. The Bertz CT molecular complexity index is 748. The fourth-order valence-electron chi connectivity index (χ4n) is 2.92. The van der Waals surface area contributed by atoms with Crippen LogP contribution >= 0.6 is 11.8 Å². The van der Waals surface area contributed by atoms with Crippen LogP contribution in [0.2, 0.25) is 0 Å². The molecule has 0 aromatic heterocycles. The van der Waals surface area contributed by atoms with E-state index in [1.807, 2.05) is 54.6 Å². The van der Waals surface area contributed by atoms with Crippen LogP contribution in [0.5, 0.6) is 0 Å². The lowest BCUT2D eigenvalue weighted by Crippen LogP contribution is -2.43. The molecule has 0 saturated heterocycles. The van der Waals surface area contributed by atoms with E-state index < -0.39 is 6.10 Å². The summed E-state index contributed by atoms with van der Waals surface area (Å²) in [5, 5.41) is 0. The van der Waals surface area contributed by atoms with E-state index in [-0.39, 0.29) is 17.6 Å². The van der Waals surface area contributed by atoms with E-state index in [0.29, 0.717) is 6.54 Å². The quantitative estimate of drug-likeness (QED) is 0.606. The molecule has 0 N–H and O–H groups in total. The molecule has 3 rings (SSSR count). The van der Waals surface area contributed by atoms with Crippen molar-refractivity contribution in [2.75, 3.05) is 17.2 Å². The number of para-hydroxylation sites is 1. The standard InChI is InChI=1S/C20H21NO3S/c1-15(24-19(22)14-25-17-10-3-2-4-11-17)20(23)21-13-7-9-16-8-5-6-12-18(16)21/h2-6,8,10-12,15H,7,9,13-14H2,1H3. The van der Waals surface area contributed by atoms with Gasteiger partial charge in [0.2, 0.25) is 0 Å². The molecule has 0 radical (unpaired) electrons. The van der Waals surface area contributed by atoms with Gasteiger partial charge in [-0.2, -0.15) is 0 Å². The summed E-state index contributed by atoms with van der Waals surface area (Å²) < 4.78 is 5.35. The average molecular weight is 355 g/mol. The molecule has 0 aliphatic carbocycles. The highest BCUT2D eigenvalue weighted by Gasteiger charge is 2.28. The first-order valence-corrected chi connectivity index (χ1v) is 9.40. The third kappa shape index (κ3) is 4.42. The third-order valence-corrected chi connectivity index (χ3v) is 5.12. The number of hydrogen-bond donors (Lipinski definition) is 0. The van der Waals surface area contributed by atoms with Crippen LogP contribution in [-0.4, -0.2) is 30.3 Å². The number of hydrogen-bond acceptors (Lipinski definition) is 4. The predicted octanol–water partition coefficient (Wildman–Crippen LogP) is 3.69. The van der Waals surface area contributed by atoms with Crippen molar-refractivity contribution in [3.05, 3.63) is 60.2 Å². The number of esters is 1. The minimum atomic E-state index is -0.782. The van der Waals surface area contributed by atoms with Crippen LogP contribution in [0, 0.1) is 0 Å². The maximum absolute atomic E-state index is 12.7. The Balaban J connectivity index is 1.57. The first kappa shape index (κ1) is 17.5. The van der Waals surface area contributed by atoms with Gasteiger partial charge in [-0.1, -0.05) is 36.4 Å². The van der Waals surface area contributed by atoms with Crippen molar-refractivity contribution in [2.45, 2.75) is 30.8 Å². The summed E-state index contributed by atoms with van der Waals surface area (Å²) in [4.78, 5) is 27.5. The summed E-state index contributed by atoms with van der Waals surface area (Å²) in [6.07, 6.45) is 1.12. The maximum Gasteiger partial charge on any atom is 0.317 e. The lowest BCUT2D eigenvalue weighted by atomic mass is 10.0. The number of nitrogens with zero attached hydrogens (tertiary/aromatic N) is 1. The molecule has 0 saturated carbocycles. The highest BCUT2D eigenvalue weighted by molar-refractivity contribution is 8.00. The zero-order chi connectivity index (χ0) is 17.6. The fraction of sp³-hybridized carbons (Fsp3) is 0.300. The molecule has 1 unspecified atom stereocenters. The van der Waals surface area contributed by atoms with Crippen molar-refractivity contribution in [1.29, 1.82) is 0 Å². The molecule has 1 aliphatic rings. The monoisotopic (exact) mass is 355 g/mol. The van der Waals surface area contributed by atoms with Crippen LogP contribution in [0.1, 0.15) is 18.9 Å². The van der Waals surface area contributed by atoms with Crippen molar-refractivity contribution in [2.24, 2.45) is 0 Å². The largest absolute Gasteiger partial charge is 0.452 e. The van der Waals surface area contributed by atoms with Gasteiger partial charge in [-0.25, -0.2) is 0 Å². The Morgan fingerprint density at radius 2 is 1.84 bits per heavy atom. The Kier molecular flexibility index (Phi) is 5.76. The number of carbonyl (C=O) groups excluding carboxylic acids is 2. The van der Waals surface area contributed by atoms with Crippen molar-refractivity contribution >= 4 is 29.3 Å². The minimum absolute atomic E-state index is 0.162. The molecule has 0 bridgehead atoms. The Hall–Kier alpha value is -2.27. The van der Waals surface area contributed by atoms with E-state index in [2.05, 4.69) is 0 Å². The number of ether oxygens (including phenoxy) is 1. The molecule has 0 spiro atoms. The molecule has 130 valence electrons. The number of aryl methyl sites for hydroxylation is 1. The van der Waals surface area contributed by atoms with Crippen LogP contribution in [-0.2, 0) is 20.7 Å². The SMILES string of the molecule is CC(OC(=O)CSc1ccccc1)C(=O)N1CCCc2ccccc21. The molecule has 2 aromatic rings. The molecule has 25 heavy (non-hydrogen) atoms. The number of thioether (sulfide) groups is 1. The first-order chi connectivity index (χ1) is 12.1. The van der Waals surface area contributed by atoms with Gasteiger partial charge in [0.1, 0.15) is 0 Å². The summed E-state index contributed by atoms with van der Waals surface area (Å²) in [5.41, 5.74) is 2.10. The van der Waals surface area contributed by atoms with Crippen LogP contribution in [0.25, 0.3) is 0 Å². The molecular formula is C20H21NO3S. The number of anilines is 1. The van der Waals surface area contributed by atoms with Crippen LogP contribution < -0.4 is 4.90 Å². The average Bonchev–Trinajstić information content (AvgIpc) is 2.66. The van der Waals surface area contributed by atoms with Gasteiger partial charge in [0, 0.05) is 17.1 Å². The normalized spacial score (nSPS) is 14.5. The van der Waals surface area contributed by atoms with Gasteiger partial charge in [-0.05, 0) is 43.5 Å². The molecular weight excluding hydrogens is 334 g/mol. The number of rotatable bonds is 5. The Morgan fingerprint density at radius 1 is 1.12 bits per heavy atom. The van der Waals surface area contributed by atoms with Gasteiger partial charge >= 0.3 is 5.97 Å². The Labute approximate surface area is 152 Å². The van der Waals surface area contributed by atoms with Gasteiger partial charge < -0.3 is 9.64 Å². The van der Waals surface area contributed by atoms with Gasteiger partial charge in [-0.3, -0.25) is 9.59 Å². The highest BCUT2D eigenvalue weighted by Crippen LogP contribution is 2.27. The Morgan fingerprint density at radius 3 is 2.64 bits per heavy atom. The molecule has 0 fully saturated rings. The van der Waals surface area contributed by atoms with Crippen molar-refractivity contribution in [1.82, 2.24) is 0 Å². The topological polar surface area (TPSA) is 46.6 Å². The highest BCUT2D eigenvalue weighted by atomic mass is 32.2. The van der Waals surface area contributed by atoms with E-state index in [0.717, 1.165) is 23.4 Å². The molecule has 4 nitrogen and oxygen atoms in total. The zero-order valence-electron chi connectivity index (χ0n) is 14.2. The summed E-state index contributed by atoms with van der Waals surface area (Å²) in [7, 11) is 0. The van der Waals surface area contributed by atoms with Gasteiger partial charge in [0.25, 0.3) is 5.91 Å². The number of amides is 1. The second-order valence-corrected chi connectivity index (χ2v) is 7.00. The van der Waals surface area contributed by atoms with Gasteiger partial charge in [-0.15, -0.1) is 11.8 Å². The number of fused-ring (bicyclic) bond motifs is 1. The summed E-state index contributed by atoms with van der Waals surface area (Å²) in [6, 6.07) is 17.6. The first-order valence-electron chi connectivity index (χ1n) is 8.42. The summed E-state index contributed by atoms with van der Waals surface area (Å²) >= 11 is 1.41. The number of carbonyl (C=O) groups is 2. The molecule has 1 aliphatic heterocycles. The smallest absolute Gasteiger partial charge is 0.317 e. The van der Waals surface area contributed by atoms with Crippen molar-refractivity contribution < 1.29 is 14.3 Å². The van der Waals surface area contributed by atoms with Crippen molar-refractivity contribution in [3.8, 4) is 0 Å². The van der Waals surface area contributed by atoms with Crippen molar-refractivity contribution in [3.63, 3.8) is 0 Å². The van der Waals surface area contributed by atoms with Crippen LogP contribution in [0.15, 0.2) is 59.5 Å². The lowest BCUT2D eigenvalue weighted by Gasteiger charge is -2.31. The molecule has 1 atom stereocenters. The molecule has 1 amide bonds. The molecule has 1 heterocycles. The van der Waals surface area contributed by atoms with Gasteiger partial charge in [0.05, 0.1) is 5.75 Å². The molecule has 5 heteroatoms. The second kappa shape index (κ2) is 8.21. The second-order valence-electron chi connectivity index (χ2n) is 5.96. The minimum Gasteiger partial charge on any atom is -0.452 e. The molecule has 2 aromatic carbocycles. The van der Waals surface area contributed by atoms with E-state index in [4.69, 9.17) is 4.74 Å². The summed E-state index contributed by atoms with van der Waals surface area (Å²) in [6.45, 7) is 2.31. The number of benzene rings is 2. The fourth-order valence-corrected chi connectivity index (χ4v) is 3.62. The third-order valence-electron chi connectivity index (χ3n) is 4.13. The van der Waals surface area contributed by atoms with E-state index in [9.17, 15) is 9.59 Å². The maximum atomic E-state index is 12.7. The zero-order valence-corrected chi connectivity index (χ0v) is 15.0. The van der Waals surface area contributed by atoms with E-state index in [1.165, 1.54) is 17.3 Å². The van der Waals surface area contributed by atoms with Crippen LogP contribution in [0.3, 0.4) is 0 Å². The van der Waals surface area contributed by atoms with Gasteiger partial charge in [0.15, 0.2) is 6.10 Å². The van der Waals surface area contributed by atoms with E-state index in [1.54, 1.807) is 11.8 Å². The van der Waals surface area contributed by atoms with E-state index >= 15 is 0 Å².